The van der Waals surface area contributed by atoms with Gasteiger partial charge in [0.2, 0.25) is 0 Å². The summed E-state index contributed by atoms with van der Waals surface area (Å²) in [5.41, 5.74) is 2.25. The summed E-state index contributed by atoms with van der Waals surface area (Å²) >= 11 is 1.49. The molecule has 2 saturated heterocycles. The van der Waals surface area contributed by atoms with Gasteiger partial charge in [0.1, 0.15) is 24.6 Å². The molecule has 5 rings (SSSR count). The smallest absolute Gasteiger partial charge is 0.386 e. The summed E-state index contributed by atoms with van der Waals surface area (Å²) in [5.74, 6) is 1.37. The van der Waals surface area contributed by atoms with Gasteiger partial charge in [0.25, 0.3) is 0 Å². The van der Waals surface area contributed by atoms with E-state index >= 15 is 0 Å². The van der Waals surface area contributed by atoms with Crippen LogP contribution in [-0.4, -0.2) is 67.5 Å². The van der Waals surface area contributed by atoms with E-state index in [2.05, 4.69) is 28.7 Å². The summed E-state index contributed by atoms with van der Waals surface area (Å²) in [6.45, 7) is 5.72. The van der Waals surface area contributed by atoms with Gasteiger partial charge in [-0.05, 0) is 18.4 Å². The Hall–Kier alpha value is -2.05. The first-order valence-electron chi connectivity index (χ1n) is 12.1. The Bertz CT molecular complexity index is 1240. The SMILES string of the molecule is CCCN(CCC)c1ncnc2c1nc(SCc1ccccc1)n2[C@@H]1O[C@@H]2COP(=O)(O)O[C@H]2[C@H]1O. The lowest BCUT2D eigenvalue weighted by Crippen LogP contribution is -2.39. The van der Waals surface area contributed by atoms with Gasteiger partial charge in [-0.15, -0.1) is 0 Å². The van der Waals surface area contributed by atoms with E-state index in [0.717, 1.165) is 37.3 Å². The summed E-state index contributed by atoms with van der Waals surface area (Å²) in [7, 11) is -4.25. The molecule has 2 aliphatic rings. The van der Waals surface area contributed by atoms with Crippen LogP contribution in [0, 0.1) is 0 Å². The molecule has 5 atom stereocenters. The Balaban J connectivity index is 1.57. The Kier molecular flexibility index (Phi) is 7.64. The summed E-state index contributed by atoms with van der Waals surface area (Å²) < 4.78 is 29.9. The number of anilines is 1. The molecule has 0 saturated carbocycles. The minimum atomic E-state index is -4.25. The monoisotopic (exact) mass is 535 g/mol. The first-order chi connectivity index (χ1) is 17.4. The number of phosphoric ester groups is 1. The molecule has 0 aliphatic carbocycles. The minimum absolute atomic E-state index is 0.161. The van der Waals surface area contributed by atoms with E-state index in [1.165, 1.54) is 18.1 Å². The maximum Gasteiger partial charge on any atom is 0.472 e. The van der Waals surface area contributed by atoms with Gasteiger partial charge in [0.15, 0.2) is 28.4 Å². The molecular weight excluding hydrogens is 505 g/mol. The summed E-state index contributed by atoms with van der Waals surface area (Å²) in [6.07, 6.45) is -0.478. The predicted molar refractivity (Wildman–Crippen MR) is 135 cm³/mol. The number of aliphatic hydroxyl groups excluding tert-OH is 1. The van der Waals surface area contributed by atoms with E-state index in [1.54, 1.807) is 4.57 Å². The second-order valence-electron chi connectivity index (χ2n) is 8.79. The van der Waals surface area contributed by atoms with E-state index in [0.29, 0.717) is 22.1 Å². The van der Waals surface area contributed by atoms with Gasteiger partial charge in [0.05, 0.1) is 6.61 Å². The lowest BCUT2D eigenvalue weighted by molar-refractivity contribution is -0.0684. The number of aliphatic hydroxyl groups is 1. The van der Waals surface area contributed by atoms with E-state index in [1.807, 2.05) is 30.3 Å². The molecule has 0 spiro atoms. The summed E-state index contributed by atoms with van der Waals surface area (Å²) in [6, 6.07) is 10.0. The second kappa shape index (κ2) is 10.7. The number of aromatic nitrogens is 4. The number of fused-ring (bicyclic) bond motifs is 2. The third kappa shape index (κ3) is 5.04. The van der Waals surface area contributed by atoms with Crippen LogP contribution in [0.4, 0.5) is 5.82 Å². The highest BCUT2D eigenvalue weighted by atomic mass is 32.2. The largest absolute Gasteiger partial charge is 0.472 e. The molecule has 1 unspecified atom stereocenters. The molecule has 3 aromatic rings. The van der Waals surface area contributed by atoms with Crippen LogP contribution in [0.25, 0.3) is 11.2 Å². The number of ether oxygens (including phenoxy) is 1. The molecular formula is C23H30N5O6PS. The van der Waals surface area contributed by atoms with E-state index in [4.69, 9.17) is 18.8 Å². The zero-order valence-corrected chi connectivity index (χ0v) is 21.8. The van der Waals surface area contributed by atoms with E-state index in [-0.39, 0.29) is 6.61 Å². The molecule has 2 N–H and O–H groups in total. The van der Waals surface area contributed by atoms with E-state index in [9.17, 15) is 14.6 Å². The number of hydrogen-bond acceptors (Lipinski definition) is 10. The van der Waals surface area contributed by atoms with Crippen molar-refractivity contribution in [2.24, 2.45) is 0 Å². The zero-order chi connectivity index (χ0) is 25.3. The first-order valence-corrected chi connectivity index (χ1v) is 14.5. The molecule has 0 radical (unpaired) electrons. The fourth-order valence-electron chi connectivity index (χ4n) is 4.57. The molecule has 13 heteroatoms. The van der Waals surface area contributed by atoms with Crippen LogP contribution < -0.4 is 4.90 Å². The van der Waals surface area contributed by atoms with E-state index < -0.39 is 32.4 Å². The minimum Gasteiger partial charge on any atom is -0.386 e. The fourth-order valence-corrected chi connectivity index (χ4v) is 6.51. The van der Waals surface area contributed by atoms with Gasteiger partial charge >= 0.3 is 7.82 Å². The third-order valence-electron chi connectivity index (χ3n) is 6.14. The Morgan fingerprint density at radius 1 is 1.19 bits per heavy atom. The van der Waals surface area contributed by atoms with Crippen molar-refractivity contribution in [1.29, 1.82) is 0 Å². The molecule has 36 heavy (non-hydrogen) atoms. The number of nitrogens with zero attached hydrogens (tertiary/aromatic N) is 5. The number of rotatable bonds is 9. The van der Waals surface area contributed by atoms with Crippen molar-refractivity contribution in [3.8, 4) is 0 Å². The van der Waals surface area contributed by atoms with Crippen molar-refractivity contribution in [2.75, 3.05) is 24.6 Å². The standard InChI is InChI=1S/C23H30N5O6PS/c1-3-10-27(11-4-2)20-17-21(25-14-24-20)28(23(26-17)36-13-15-8-6-5-7-9-15)22-18(29)19-16(33-22)12-32-35(30,31)34-19/h5-9,14,16,18-19,22,29H,3-4,10-13H2,1-2H3,(H,30,31)/t16-,18-,19-,22-/m1/s1. The molecule has 4 heterocycles. The topological polar surface area (TPSA) is 132 Å². The number of benzene rings is 1. The van der Waals surface area contributed by atoms with Gasteiger partial charge in [-0.1, -0.05) is 55.9 Å². The molecule has 0 bridgehead atoms. The molecule has 2 aromatic heterocycles. The lowest BCUT2D eigenvalue weighted by Gasteiger charge is -2.27. The number of imidazole rings is 1. The van der Waals surface area contributed by atoms with Gasteiger partial charge in [0, 0.05) is 18.8 Å². The highest BCUT2D eigenvalue weighted by Gasteiger charge is 2.53. The highest BCUT2D eigenvalue weighted by molar-refractivity contribution is 7.98. The third-order valence-corrected chi connectivity index (χ3v) is 8.15. The Morgan fingerprint density at radius 3 is 2.67 bits per heavy atom. The van der Waals surface area contributed by atoms with Gasteiger partial charge < -0.3 is 19.6 Å². The zero-order valence-electron chi connectivity index (χ0n) is 20.1. The molecule has 194 valence electrons. The fraction of sp³-hybridized carbons (Fsp3) is 0.522. The number of phosphoric acid groups is 1. The summed E-state index contributed by atoms with van der Waals surface area (Å²) in [5, 5.41) is 11.8. The van der Waals surface area contributed by atoms with Crippen LogP contribution >= 0.6 is 19.6 Å². The first kappa shape index (κ1) is 25.6. The average molecular weight is 536 g/mol. The van der Waals surface area contributed by atoms with Crippen LogP contribution in [0.3, 0.4) is 0 Å². The van der Waals surface area contributed by atoms with Crippen molar-refractivity contribution < 1.29 is 28.3 Å². The Morgan fingerprint density at radius 2 is 1.94 bits per heavy atom. The molecule has 1 aromatic carbocycles. The molecule has 2 fully saturated rings. The van der Waals surface area contributed by atoms with Crippen LogP contribution in [0.15, 0.2) is 41.8 Å². The van der Waals surface area contributed by atoms with Crippen molar-refractivity contribution in [3.63, 3.8) is 0 Å². The second-order valence-corrected chi connectivity index (χ2v) is 11.1. The van der Waals surface area contributed by atoms with Crippen LogP contribution in [-0.2, 0) is 24.1 Å². The van der Waals surface area contributed by atoms with Crippen molar-refractivity contribution >= 4 is 36.6 Å². The number of thioether (sulfide) groups is 1. The quantitative estimate of drug-likeness (QED) is 0.308. The summed E-state index contributed by atoms with van der Waals surface area (Å²) in [4.78, 5) is 26.0. The van der Waals surface area contributed by atoms with Gasteiger partial charge in [-0.3, -0.25) is 13.6 Å². The van der Waals surface area contributed by atoms with Crippen molar-refractivity contribution in [2.45, 2.75) is 62.1 Å². The van der Waals surface area contributed by atoms with Crippen LogP contribution in [0.2, 0.25) is 0 Å². The Labute approximate surface area is 213 Å². The normalized spacial score (nSPS) is 27.9. The maximum absolute atomic E-state index is 12.0. The van der Waals surface area contributed by atoms with Crippen LogP contribution in [0.1, 0.15) is 38.5 Å². The van der Waals surface area contributed by atoms with Crippen molar-refractivity contribution in [1.82, 2.24) is 19.5 Å². The average Bonchev–Trinajstić information content (AvgIpc) is 3.39. The molecule has 11 nitrogen and oxygen atoms in total. The molecule has 2 aliphatic heterocycles. The van der Waals surface area contributed by atoms with Gasteiger partial charge in [-0.25, -0.2) is 19.5 Å². The van der Waals surface area contributed by atoms with Crippen LogP contribution in [0.5, 0.6) is 0 Å². The van der Waals surface area contributed by atoms with Crippen molar-refractivity contribution in [3.05, 3.63) is 42.2 Å². The van der Waals surface area contributed by atoms with Gasteiger partial charge in [-0.2, -0.15) is 0 Å². The number of hydrogen-bond donors (Lipinski definition) is 2. The predicted octanol–water partition coefficient (Wildman–Crippen LogP) is 3.52. The molecule has 0 amide bonds. The highest BCUT2D eigenvalue weighted by Crippen LogP contribution is 2.53. The maximum atomic E-state index is 12.0. The lowest BCUT2D eigenvalue weighted by atomic mass is 10.1.